The highest BCUT2D eigenvalue weighted by atomic mass is 35.5. The summed E-state index contributed by atoms with van der Waals surface area (Å²) in [6, 6.07) is 25.1. The van der Waals surface area contributed by atoms with Crippen LogP contribution in [0.5, 0.6) is 0 Å². The summed E-state index contributed by atoms with van der Waals surface area (Å²) in [5.74, 6) is 0. The van der Waals surface area contributed by atoms with E-state index in [1.54, 1.807) is 0 Å². The van der Waals surface area contributed by atoms with Crippen LogP contribution in [0.3, 0.4) is 0 Å². The van der Waals surface area contributed by atoms with E-state index in [1.165, 1.54) is 0 Å². The summed E-state index contributed by atoms with van der Waals surface area (Å²) in [7, 11) is 0. The Kier molecular flexibility index (Phi) is 4.89. The van der Waals surface area contributed by atoms with Crippen LogP contribution < -0.4 is 10.7 Å². The molecule has 1 heterocycles. The summed E-state index contributed by atoms with van der Waals surface area (Å²) in [5, 5.41) is 13.7. The summed E-state index contributed by atoms with van der Waals surface area (Å²) in [6.45, 7) is 2.05. The molecule has 0 saturated heterocycles. The number of rotatable bonds is 3. The van der Waals surface area contributed by atoms with Gasteiger partial charge in [0, 0.05) is 21.4 Å². The number of hydrogen-bond donors (Lipinski definition) is 2. The Labute approximate surface area is 189 Å². The number of nitrogens with zero attached hydrogens (tertiary/aromatic N) is 2. The van der Waals surface area contributed by atoms with Crippen LogP contribution in [0.4, 0.5) is 11.4 Å². The molecule has 0 amide bonds. The molecule has 0 spiro atoms. The van der Waals surface area contributed by atoms with Crippen molar-refractivity contribution in [2.45, 2.75) is 6.92 Å². The molecular weight excluding hydrogens is 427 g/mol. The number of nitrogens with one attached hydrogen (secondary N) is 2. The minimum atomic E-state index is 0.374. The molecular formula is C25H18Cl2N4. The van der Waals surface area contributed by atoms with Crippen molar-refractivity contribution in [2.75, 3.05) is 5.32 Å². The Hall–Kier alpha value is -3.34. The first kappa shape index (κ1) is 19.6. The molecule has 0 radical (unpaired) electrons. The van der Waals surface area contributed by atoms with Gasteiger partial charge in [0.25, 0.3) is 0 Å². The highest BCUT2D eigenvalue weighted by Gasteiger charge is 2.16. The Morgan fingerprint density at radius 3 is 2.23 bits per heavy atom. The van der Waals surface area contributed by atoms with Gasteiger partial charge in [0.05, 0.1) is 33.5 Å². The van der Waals surface area contributed by atoms with Crippen LogP contribution in [0.2, 0.25) is 10.0 Å². The minimum Gasteiger partial charge on any atom is -0.354 e. The maximum Gasteiger partial charge on any atom is 0.0900 e. The lowest BCUT2D eigenvalue weighted by molar-refractivity contribution is 1.07. The van der Waals surface area contributed by atoms with Crippen molar-refractivity contribution >= 4 is 45.6 Å². The molecule has 3 aromatic carbocycles. The van der Waals surface area contributed by atoms with E-state index in [2.05, 4.69) is 35.0 Å². The Morgan fingerprint density at radius 2 is 1.52 bits per heavy atom. The average molecular weight is 445 g/mol. The van der Waals surface area contributed by atoms with Gasteiger partial charge in [-0.25, -0.2) is 4.98 Å². The third kappa shape index (κ3) is 3.76. The number of aromatic nitrogens is 2. The van der Waals surface area contributed by atoms with Gasteiger partial charge in [0.2, 0.25) is 0 Å². The van der Waals surface area contributed by atoms with E-state index in [0.717, 1.165) is 39.4 Å². The summed E-state index contributed by atoms with van der Waals surface area (Å²) >= 11 is 12.1. The first-order valence-electron chi connectivity index (χ1n) is 9.78. The van der Waals surface area contributed by atoms with E-state index >= 15 is 0 Å². The average Bonchev–Trinajstić information content (AvgIpc) is 2.75. The normalized spacial score (nSPS) is 11.2. The van der Waals surface area contributed by atoms with Crippen molar-refractivity contribution in [3.8, 4) is 17.1 Å². The van der Waals surface area contributed by atoms with Crippen molar-refractivity contribution in [3.05, 3.63) is 99.8 Å². The van der Waals surface area contributed by atoms with Crippen molar-refractivity contribution < 1.29 is 0 Å². The van der Waals surface area contributed by atoms with Crippen LogP contribution >= 0.6 is 23.2 Å². The maximum atomic E-state index is 8.63. The minimum absolute atomic E-state index is 0.374. The van der Waals surface area contributed by atoms with E-state index in [0.29, 0.717) is 21.1 Å². The number of benzene rings is 4. The Balaban J connectivity index is 1.75. The molecule has 1 aliphatic carbocycles. The molecule has 0 saturated carbocycles. The number of halogens is 2. The smallest absolute Gasteiger partial charge is 0.0900 e. The van der Waals surface area contributed by atoms with Crippen LogP contribution in [0, 0.1) is 12.3 Å². The highest BCUT2D eigenvalue weighted by Crippen LogP contribution is 2.31. The molecule has 152 valence electrons. The molecule has 0 atom stereocenters. The van der Waals surface area contributed by atoms with Crippen molar-refractivity contribution in [3.63, 3.8) is 0 Å². The van der Waals surface area contributed by atoms with E-state index in [4.69, 9.17) is 33.6 Å². The molecule has 0 aromatic heterocycles. The Morgan fingerprint density at radius 1 is 0.839 bits per heavy atom. The zero-order valence-corrected chi connectivity index (χ0v) is 18.2. The fraction of sp³-hybridized carbons (Fsp3) is 0.0400. The largest absolute Gasteiger partial charge is 0.354 e. The predicted molar refractivity (Wildman–Crippen MR) is 128 cm³/mol. The van der Waals surface area contributed by atoms with E-state index in [9.17, 15) is 0 Å². The standard InChI is InChI=1S/C25H18Cl2N4/c1-15-2-11-24-22(12-15)30-23-14-21(29-18-7-3-16(26)4-8-18)20(28)13-25(23)31(24)19-9-5-17(27)6-10-19/h2-14,28-29H,1H3. The monoisotopic (exact) mass is 444 g/mol. The van der Waals surface area contributed by atoms with E-state index in [1.807, 2.05) is 60.7 Å². The van der Waals surface area contributed by atoms with Gasteiger partial charge in [-0.1, -0.05) is 29.3 Å². The van der Waals surface area contributed by atoms with Gasteiger partial charge in [-0.05, 0) is 85.3 Å². The molecule has 0 bridgehead atoms. The molecule has 5 rings (SSSR count). The van der Waals surface area contributed by atoms with Gasteiger partial charge in [-0.2, -0.15) is 0 Å². The summed E-state index contributed by atoms with van der Waals surface area (Å²) in [5.41, 5.74) is 7.14. The molecule has 31 heavy (non-hydrogen) atoms. The van der Waals surface area contributed by atoms with Crippen LogP contribution in [0.15, 0.2) is 78.9 Å². The van der Waals surface area contributed by atoms with Crippen LogP contribution in [0.25, 0.3) is 28.1 Å². The van der Waals surface area contributed by atoms with Gasteiger partial charge in [0.1, 0.15) is 0 Å². The van der Waals surface area contributed by atoms with Gasteiger partial charge in [0.15, 0.2) is 0 Å². The lowest BCUT2D eigenvalue weighted by Crippen LogP contribution is -2.13. The molecule has 4 nitrogen and oxygen atoms in total. The molecule has 1 aliphatic heterocycles. The van der Waals surface area contributed by atoms with Gasteiger partial charge >= 0.3 is 0 Å². The first-order valence-corrected chi connectivity index (χ1v) is 10.5. The fourth-order valence-corrected chi connectivity index (χ4v) is 3.93. The van der Waals surface area contributed by atoms with E-state index < -0.39 is 0 Å². The van der Waals surface area contributed by atoms with Crippen LogP contribution in [0.1, 0.15) is 5.56 Å². The van der Waals surface area contributed by atoms with Crippen molar-refractivity contribution in [1.82, 2.24) is 9.55 Å². The summed E-state index contributed by atoms with van der Waals surface area (Å²) in [4.78, 5) is 4.91. The lowest BCUT2D eigenvalue weighted by Gasteiger charge is -2.20. The summed E-state index contributed by atoms with van der Waals surface area (Å²) in [6.07, 6.45) is 0. The molecule has 2 aliphatic rings. The predicted octanol–water partition coefficient (Wildman–Crippen LogP) is 6.97. The molecule has 3 aromatic rings. The molecule has 2 N–H and O–H groups in total. The van der Waals surface area contributed by atoms with Crippen molar-refractivity contribution in [2.24, 2.45) is 0 Å². The third-order valence-corrected chi connectivity index (χ3v) is 5.68. The van der Waals surface area contributed by atoms with Crippen LogP contribution in [-0.4, -0.2) is 9.55 Å². The number of anilines is 2. The second kappa shape index (κ2) is 7.73. The highest BCUT2D eigenvalue weighted by molar-refractivity contribution is 6.30. The topological polar surface area (TPSA) is 53.7 Å². The SMILES string of the molecule is Cc1ccc2c(c1)nc1cc(Nc3ccc(Cl)cc3)c(=N)cc-1n2-c1ccc(Cl)cc1. The van der Waals surface area contributed by atoms with E-state index in [-0.39, 0.29) is 0 Å². The number of fused-ring (bicyclic) bond motifs is 2. The second-order valence-electron chi connectivity index (χ2n) is 7.43. The lowest BCUT2D eigenvalue weighted by atomic mass is 10.1. The number of aryl methyl sites for hydroxylation is 1. The Bertz CT molecular complexity index is 1440. The van der Waals surface area contributed by atoms with Gasteiger partial charge in [-0.15, -0.1) is 0 Å². The maximum absolute atomic E-state index is 8.63. The van der Waals surface area contributed by atoms with Gasteiger partial charge < -0.3 is 9.88 Å². The number of hydrogen-bond acceptors (Lipinski definition) is 3. The van der Waals surface area contributed by atoms with Gasteiger partial charge in [-0.3, -0.25) is 5.41 Å². The molecule has 0 unspecified atom stereocenters. The summed E-state index contributed by atoms with van der Waals surface area (Å²) < 4.78 is 2.12. The fourth-order valence-electron chi connectivity index (χ4n) is 3.68. The molecule has 6 heteroatoms. The van der Waals surface area contributed by atoms with Crippen LogP contribution in [-0.2, 0) is 0 Å². The van der Waals surface area contributed by atoms with Crippen molar-refractivity contribution in [1.29, 1.82) is 5.41 Å². The second-order valence-corrected chi connectivity index (χ2v) is 8.31. The first-order chi connectivity index (χ1) is 15.0. The zero-order valence-electron chi connectivity index (χ0n) is 16.7. The zero-order chi connectivity index (χ0) is 21.5. The quantitative estimate of drug-likeness (QED) is 0.295. The third-order valence-electron chi connectivity index (χ3n) is 5.18. The molecule has 0 fully saturated rings.